The molecule has 1 aliphatic rings. The van der Waals surface area contributed by atoms with E-state index in [4.69, 9.17) is 9.84 Å². The van der Waals surface area contributed by atoms with E-state index >= 15 is 0 Å². The Morgan fingerprint density at radius 3 is 3.08 bits per heavy atom. The van der Waals surface area contributed by atoms with E-state index in [9.17, 15) is 4.79 Å². The van der Waals surface area contributed by atoms with Crippen molar-refractivity contribution in [3.63, 3.8) is 0 Å². The number of hydrogen-bond acceptors (Lipinski definition) is 3. The molecule has 0 aliphatic carbocycles. The van der Waals surface area contributed by atoms with Crippen LogP contribution < -0.4 is 5.32 Å². The highest BCUT2D eigenvalue weighted by Gasteiger charge is 2.15. The van der Waals surface area contributed by atoms with Crippen molar-refractivity contribution in [1.82, 2.24) is 5.32 Å². The Morgan fingerprint density at radius 2 is 2.54 bits per heavy atom. The van der Waals surface area contributed by atoms with E-state index in [0.29, 0.717) is 12.5 Å². The zero-order valence-corrected chi connectivity index (χ0v) is 7.95. The van der Waals surface area contributed by atoms with Gasteiger partial charge in [-0.2, -0.15) is 0 Å². The summed E-state index contributed by atoms with van der Waals surface area (Å²) in [6.07, 6.45) is 1.25. The highest BCUT2D eigenvalue weighted by Crippen LogP contribution is 2.11. The molecule has 1 rings (SSSR count). The SMILES string of the molecule is CC(O)C(=O)NCC1CCCOC1. The number of nitrogens with one attached hydrogen (secondary N) is 1. The second-order valence-corrected chi connectivity index (χ2v) is 3.50. The lowest BCUT2D eigenvalue weighted by Crippen LogP contribution is -2.38. The summed E-state index contributed by atoms with van der Waals surface area (Å²) in [5.41, 5.74) is 0. The van der Waals surface area contributed by atoms with Crippen LogP contribution in [-0.2, 0) is 9.53 Å². The van der Waals surface area contributed by atoms with Gasteiger partial charge in [-0.05, 0) is 25.7 Å². The number of rotatable bonds is 3. The van der Waals surface area contributed by atoms with Gasteiger partial charge in [0.05, 0.1) is 6.61 Å². The minimum Gasteiger partial charge on any atom is -0.384 e. The molecule has 1 heterocycles. The Labute approximate surface area is 78.3 Å². The van der Waals surface area contributed by atoms with Crippen LogP contribution >= 0.6 is 0 Å². The van der Waals surface area contributed by atoms with E-state index < -0.39 is 6.10 Å². The van der Waals surface area contributed by atoms with Crippen LogP contribution in [0.1, 0.15) is 19.8 Å². The van der Waals surface area contributed by atoms with Crippen molar-refractivity contribution in [2.24, 2.45) is 5.92 Å². The predicted molar refractivity (Wildman–Crippen MR) is 48.2 cm³/mol. The third-order valence-electron chi connectivity index (χ3n) is 2.20. The maximum atomic E-state index is 11.0. The summed E-state index contributed by atoms with van der Waals surface area (Å²) in [6.45, 7) is 3.64. The monoisotopic (exact) mass is 187 g/mol. The molecule has 0 aromatic rings. The minimum atomic E-state index is -0.912. The van der Waals surface area contributed by atoms with Gasteiger partial charge in [-0.1, -0.05) is 0 Å². The average molecular weight is 187 g/mol. The number of carbonyl (C=O) groups excluding carboxylic acids is 1. The summed E-state index contributed by atoms with van der Waals surface area (Å²) >= 11 is 0. The summed E-state index contributed by atoms with van der Waals surface area (Å²) in [7, 11) is 0. The van der Waals surface area contributed by atoms with Crippen molar-refractivity contribution in [1.29, 1.82) is 0 Å². The van der Waals surface area contributed by atoms with Crippen LogP contribution in [0.5, 0.6) is 0 Å². The van der Waals surface area contributed by atoms with Crippen LogP contribution in [0.2, 0.25) is 0 Å². The molecule has 4 nitrogen and oxygen atoms in total. The number of ether oxygens (including phenoxy) is 1. The first kappa shape index (κ1) is 10.5. The van der Waals surface area contributed by atoms with Crippen LogP contribution in [0.15, 0.2) is 0 Å². The van der Waals surface area contributed by atoms with Crippen molar-refractivity contribution in [3.05, 3.63) is 0 Å². The maximum absolute atomic E-state index is 11.0. The van der Waals surface area contributed by atoms with Gasteiger partial charge in [0.2, 0.25) is 5.91 Å². The molecule has 0 saturated carbocycles. The fraction of sp³-hybridized carbons (Fsp3) is 0.889. The molecule has 2 atom stereocenters. The Kier molecular flexibility index (Phi) is 4.18. The molecule has 1 amide bonds. The third kappa shape index (κ3) is 3.74. The van der Waals surface area contributed by atoms with Crippen molar-refractivity contribution in [2.75, 3.05) is 19.8 Å². The zero-order valence-electron chi connectivity index (χ0n) is 7.95. The zero-order chi connectivity index (χ0) is 9.68. The summed E-state index contributed by atoms with van der Waals surface area (Å²) in [4.78, 5) is 11.0. The van der Waals surface area contributed by atoms with Crippen LogP contribution in [0, 0.1) is 5.92 Å². The van der Waals surface area contributed by atoms with Gasteiger partial charge in [-0.25, -0.2) is 0 Å². The molecule has 4 heteroatoms. The lowest BCUT2D eigenvalue weighted by Gasteiger charge is -2.22. The Balaban J connectivity index is 2.13. The Morgan fingerprint density at radius 1 is 1.77 bits per heavy atom. The number of amides is 1. The fourth-order valence-electron chi connectivity index (χ4n) is 1.36. The first-order chi connectivity index (χ1) is 6.20. The highest BCUT2D eigenvalue weighted by atomic mass is 16.5. The normalized spacial score (nSPS) is 25.2. The molecule has 13 heavy (non-hydrogen) atoms. The van der Waals surface area contributed by atoms with Gasteiger partial charge in [0.25, 0.3) is 0 Å². The quantitative estimate of drug-likeness (QED) is 0.649. The standard InChI is InChI=1S/C9H17NO3/c1-7(11)9(12)10-5-8-3-2-4-13-6-8/h7-8,11H,2-6H2,1H3,(H,10,12). The summed E-state index contributed by atoms with van der Waals surface area (Å²) < 4.78 is 5.26. The molecule has 1 fully saturated rings. The molecule has 1 saturated heterocycles. The molecule has 0 aromatic heterocycles. The first-order valence-electron chi connectivity index (χ1n) is 4.73. The van der Waals surface area contributed by atoms with E-state index in [1.807, 2.05) is 0 Å². The van der Waals surface area contributed by atoms with Crippen LogP contribution in [0.4, 0.5) is 0 Å². The second kappa shape index (κ2) is 5.19. The molecule has 0 spiro atoms. The molecule has 0 aromatic carbocycles. The fourth-order valence-corrected chi connectivity index (χ4v) is 1.36. The van der Waals surface area contributed by atoms with Crippen molar-refractivity contribution in [2.45, 2.75) is 25.9 Å². The average Bonchev–Trinajstić information content (AvgIpc) is 2.15. The van der Waals surface area contributed by atoms with Crippen LogP contribution in [0.25, 0.3) is 0 Å². The molecule has 0 bridgehead atoms. The summed E-state index contributed by atoms with van der Waals surface area (Å²) in [5.74, 6) is 0.113. The van der Waals surface area contributed by atoms with Gasteiger partial charge in [0.15, 0.2) is 0 Å². The second-order valence-electron chi connectivity index (χ2n) is 3.50. The minimum absolute atomic E-state index is 0.300. The summed E-state index contributed by atoms with van der Waals surface area (Å²) in [6, 6.07) is 0. The van der Waals surface area contributed by atoms with Gasteiger partial charge >= 0.3 is 0 Å². The molecule has 2 N–H and O–H groups in total. The molecular weight excluding hydrogens is 170 g/mol. The lowest BCUT2D eigenvalue weighted by atomic mass is 10.0. The molecule has 0 radical (unpaired) electrons. The van der Waals surface area contributed by atoms with E-state index in [1.54, 1.807) is 0 Å². The molecule has 76 valence electrons. The van der Waals surface area contributed by atoms with Gasteiger partial charge < -0.3 is 15.2 Å². The van der Waals surface area contributed by atoms with Gasteiger partial charge in [-0.15, -0.1) is 0 Å². The Bertz CT molecular complexity index is 164. The smallest absolute Gasteiger partial charge is 0.248 e. The van der Waals surface area contributed by atoms with Crippen molar-refractivity contribution < 1.29 is 14.6 Å². The predicted octanol–water partition coefficient (Wildman–Crippen LogP) is -0.0900. The number of aliphatic hydroxyl groups is 1. The Hall–Kier alpha value is -0.610. The largest absolute Gasteiger partial charge is 0.384 e. The molecular formula is C9H17NO3. The van der Waals surface area contributed by atoms with Gasteiger partial charge in [0, 0.05) is 13.2 Å². The van der Waals surface area contributed by atoms with Crippen LogP contribution in [-0.4, -0.2) is 36.9 Å². The lowest BCUT2D eigenvalue weighted by molar-refractivity contribution is -0.128. The van der Waals surface area contributed by atoms with Crippen molar-refractivity contribution >= 4 is 5.91 Å². The highest BCUT2D eigenvalue weighted by molar-refractivity contribution is 5.79. The first-order valence-corrected chi connectivity index (χ1v) is 4.73. The maximum Gasteiger partial charge on any atom is 0.248 e. The van der Waals surface area contributed by atoms with Crippen LogP contribution in [0.3, 0.4) is 0 Å². The van der Waals surface area contributed by atoms with E-state index in [-0.39, 0.29) is 5.91 Å². The third-order valence-corrected chi connectivity index (χ3v) is 2.20. The topological polar surface area (TPSA) is 58.6 Å². The van der Waals surface area contributed by atoms with Gasteiger partial charge in [-0.3, -0.25) is 4.79 Å². The molecule has 1 aliphatic heterocycles. The van der Waals surface area contributed by atoms with E-state index in [0.717, 1.165) is 26.1 Å². The number of carbonyl (C=O) groups is 1. The van der Waals surface area contributed by atoms with Crippen molar-refractivity contribution in [3.8, 4) is 0 Å². The summed E-state index contributed by atoms with van der Waals surface area (Å²) in [5, 5.41) is 11.6. The number of hydrogen-bond donors (Lipinski definition) is 2. The van der Waals surface area contributed by atoms with E-state index in [1.165, 1.54) is 6.92 Å². The van der Waals surface area contributed by atoms with E-state index in [2.05, 4.69) is 5.32 Å². The van der Waals surface area contributed by atoms with Gasteiger partial charge in [0.1, 0.15) is 6.10 Å². The number of aliphatic hydroxyl groups excluding tert-OH is 1. The molecule has 2 unspecified atom stereocenters.